The number of amides is 1. The van der Waals surface area contributed by atoms with Crippen LogP contribution >= 0.6 is 11.3 Å². The van der Waals surface area contributed by atoms with Gasteiger partial charge in [-0.3, -0.25) is 4.79 Å². The van der Waals surface area contributed by atoms with E-state index < -0.39 is 12.5 Å². The van der Waals surface area contributed by atoms with Gasteiger partial charge in [-0.25, -0.2) is 0 Å². The maximum Gasteiger partial charge on any atom is 0.333 e. The monoisotopic (exact) mass is 313 g/mol. The fourth-order valence-electron chi connectivity index (χ4n) is 2.06. The van der Waals surface area contributed by atoms with Gasteiger partial charge in [0.25, 0.3) is 5.91 Å². The predicted octanol–water partition coefficient (Wildman–Crippen LogP) is 3.64. The quantitative estimate of drug-likeness (QED) is 0.816. The van der Waals surface area contributed by atoms with Crippen LogP contribution in [0.15, 0.2) is 29.1 Å². The van der Waals surface area contributed by atoms with Crippen LogP contribution in [-0.2, 0) is 6.54 Å². The van der Waals surface area contributed by atoms with Crippen LogP contribution in [0, 0.1) is 5.92 Å². The van der Waals surface area contributed by atoms with Gasteiger partial charge < -0.3 is 4.90 Å². The Labute approximate surface area is 126 Å². The highest BCUT2D eigenvalue weighted by Gasteiger charge is 2.23. The number of halogens is 2. The summed E-state index contributed by atoms with van der Waals surface area (Å²) in [5.74, 6) is -0.178. The number of carbonyl (C=O) groups excluding carboxylic acids is 1. The van der Waals surface area contributed by atoms with E-state index in [9.17, 15) is 13.6 Å². The Hall–Kier alpha value is -1.76. The number of carbonyl (C=O) groups is 1. The normalized spacial score (nSPS) is 11.3. The molecule has 0 aliphatic heterocycles. The predicted molar refractivity (Wildman–Crippen MR) is 77.4 cm³/mol. The first-order valence-corrected chi connectivity index (χ1v) is 7.55. The number of alkyl halides is 2. The number of hydrogen-bond acceptors (Lipinski definition) is 3. The van der Waals surface area contributed by atoms with E-state index in [1.807, 2.05) is 30.7 Å². The summed E-state index contributed by atoms with van der Waals surface area (Å²) in [7, 11) is 0. The van der Waals surface area contributed by atoms with E-state index in [0.29, 0.717) is 17.8 Å². The summed E-state index contributed by atoms with van der Waals surface area (Å²) in [5, 5.41) is 7.39. The van der Waals surface area contributed by atoms with Crippen molar-refractivity contribution in [1.29, 1.82) is 0 Å². The molecule has 0 aliphatic carbocycles. The fraction of sp³-hybridized carbons (Fsp3) is 0.429. The minimum atomic E-state index is -2.82. The van der Waals surface area contributed by atoms with Gasteiger partial charge >= 0.3 is 6.55 Å². The van der Waals surface area contributed by atoms with Crippen molar-refractivity contribution in [3.8, 4) is 0 Å². The van der Waals surface area contributed by atoms with Gasteiger partial charge in [-0.1, -0.05) is 13.8 Å². The molecule has 0 aliphatic rings. The molecular formula is C14H17F2N3OS. The zero-order valence-corrected chi connectivity index (χ0v) is 12.7. The minimum Gasteiger partial charge on any atom is -0.333 e. The Balaban J connectivity index is 2.23. The van der Waals surface area contributed by atoms with Crippen molar-refractivity contribution in [2.24, 2.45) is 5.92 Å². The van der Waals surface area contributed by atoms with E-state index in [2.05, 4.69) is 5.10 Å². The lowest BCUT2D eigenvalue weighted by Crippen LogP contribution is -2.35. The smallest absolute Gasteiger partial charge is 0.333 e. The van der Waals surface area contributed by atoms with E-state index in [1.54, 1.807) is 16.2 Å². The lowest BCUT2D eigenvalue weighted by Gasteiger charge is -2.24. The average Bonchev–Trinajstić information content (AvgIpc) is 3.07. The molecule has 114 valence electrons. The first-order valence-electron chi connectivity index (χ1n) is 6.61. The van der Waals surface area contributed by atoms with Crippen LogP contribution < -0.4 is 0 Å². The third-order valence-electron chi connectivity index (χ3n) is 2.90. The van der Waals surface area contributed by atoms with Crippen molar-refractivity contribution >= 4 is 17.2 Å². The number of aromatic nitrogens is 2. The zero-order valence-electron chi connectivity index (χ0n) is 11.9. The van der Waals surface area contributed by atoms with Gasteiger partial charge in [-0.05, 0) is 34.4 Å². The second-order valence-electron chi connectivity index (χ2n) is 5.15. The molecular weight excluding hydrogens is 296 g/mol. The van der Waals surface area contributed by atoms with Crippen molar-refractivity contribution in [2.75, 3.05) is 6.54 Å². The van der Waals surface area contributed by atoms with Crippen LogP contribution in [0.5, 0.6) is 0 Å². The molecule has 0 saturated carbocycles. The molecule has 0 N–H and O–H groups in total. The van der Waals surface area contributed by atoms with Crippen LogP contribution in [-0.4, -0.2) is 27.1 Å². The van der Waals surface area contributed by atoms with E-state index in [1.165, 1.54) is 12.3 Å². The zero-order chi connectivity index (χ0) is 15.4. The molecule has 0 saturated heterocycles. The van der Waals surface area contributed by atoms with Crippen LogP contribution in [0.4, 0.5) is 8.78 Å². The molecule has 1 amide bonds. The topological polar surface area (TPSA) is 38.1 Å². The molecule has 0 radical (unpaired) electrons. The van der Waals surface area contributed by atoms with Crippen LogP contribution in [0.3, 0.4) is 0 Å². The fourth-order valence-corrected chi connectivity index (χ4v) is 2.72. The number of thiophene rings is 1. The van der Waals surface area contributed by atoms with Crippen molar-refractivity contribution in [3.63, 3.8) is 0 Å². The van der Waals surface area contributed by atoms with Gasteiger partial charge in [0.05, 0.1) is 0 Å². The second kappa shape index (κ2) is 6.80. The molecule has 2 rings (SSSR count). The van der Waals surface area contributed by atoms with Crippen LogP contribution in [0.2, 0.25) is 0 Å². The summed E-state index contributed by atoms with van der Waals surface area (Å²) in [6.45, 7) is 2.07. The van der Waals surface area contributed by atoms with Gasteiger partial charge in [0.1, 0.15) is 5.69 Å². The molecule has 2 heterocycles. The molecule has 0 atom stereocenters. The van der Waals surface area contributed by atoms with Crippen LogP contribution in [0.25, 0.3) is 0 Å². The molecule has 0 aromatic carbocycles. The third-order valence-corrected chi connectivity index (χ3v) is 3.63. The number of rotatable bonds is 6. The van der Waals surface area contributed by atoms with Gasteiger partial charge in [0.2, 0.25) is 0 Å². The standard InChI is InChI=1S/C14H17F2N3OS/c1-10(2)7-18(8-11-4-6-21-9-11)13(20)12-3-5-17-19(12)14(15)16/h3-6,9-10,14H,7-8H2,1-2H3. The molecule has 0 fully saturated rings. The Bertz CT molecular complexity index is 581. The van der Waals surface area contributed by atoms with E-state index >= 15 is 0 Å². The summed E-state index contributed by atoms with van der Waals surface area (Å²) in [6.07, 6.45) is 1.22. The van der Waals surface area contributed by atoms with E-state index in [-0.39, 0.29) is 11.6 Å². The molecule has 2 aromatic heterocycles. The summed E-state index contributed by atoms with van der Waals surface area (Å²) in [6, 6.07) is 3.26. The lowest BCUT2D eigenvalue weighted by molar-refractivity contribution is 0.0454. The molecule has 2 aromatic rings. The van der Waals surface area contributed by atoms with Crippen molar-refractivity contribution < 1.29 is 13.6 Å². The summed E-state index contributed by atoms with van der Waals surface area (Å²) in [5.41, 5.74) is 0.915. The summed E-state index contributed by atoms with van der Waals surface area (Å²) < 4.78 is 26.2. The maximum absolute atomic E-state index is 12.9. The molecule has 0 spiro atoms. The highest BCUT2D eigenvalue weighted by molar-refractivity contribution is 7.07. The van der Waals surface area contributed by atoms with E-state index in [4.69, 9.17) is 0 Å². The van der Waals surface area contributed by atoms with Crippen molar-refractivity contribution in [3.05, 3.63) is 40.3 Å². The Morgan fingerprint density at radius 1 is 1.43 bits per heavy atom. The molecule has 0 bridgehead atoms. The first-order chi connectivity index (χ1) is 9.99. The summed E-state index contributed by atoms with van der Waals surface area (Å²) >= 11 is 1.54. The molecule has 21 heavy (non-hydrogen) atoms. The van der Waals surface area contributed by atoms with Gasteiger partial charge in [-0.2, -0.15) is 29.9 Å². The third kappa shape index (κ3) is 3.87. The Morgan fingerprint density at radius 2 is 2.19 bits per heavy atom. The summed E-state index contributed by atoms with van der Waals surface area (Å²) in [4.78, 5) is 14.1. The van der Waals surface area contributed by atoms with Gasteiger partial charge in [0.15, 0.2) is 0 Å². The highest BCUT2D eigenvalue weighted by Crippen LogP contribution is 2.17. The van der Waals surface area contributed by atoms with Crippen LogP contribution in [0.1, 0.15) is 36.4 Å². The molecule has 7 heteroatoms. The minimum absolute atomic E-state index is 0.0825. The maximum atomic E-state index is 12.9. The number of nitrogens with zero attached hydrogens (tertiary/aromatic N) is 3. The van der Waals surface area contributed by atoms with Gasteiger partial charge in [-0.15, -0.1) is 0 Å². The second-order valence-corrected chi connectivity index (χ2v) is 5.93. The Morgan fingerprint density at radius 3 is 2.76 bits per heavy atom. The van der Waals surface area contributed by atoms with Gasteiger partial charge in [0, 0.05) is 19.3 Å². The Kier molecular flexibility index (Phi) is 5.06. The average molecular weight is 313 g/mol. The van der Waals surface area contributed by atoms with Crippen molar-refractivity contribution in [1.82, 2.24) is 14.7 Å². The van der Waals surface area contributed by atoms with Crippen molar-refractivity contribution in [2.45, 2.75) is 26.9 Å². The molecule has 0 unspecified atom stereocenters. The SMILES string of the molecule is CC(C)CN(Cc1ccsc1)C(=O)c1ccnn1C(F)F. The highest BCUT2D eigenvalue weighted by atomic mass is 32.1. The molecule has 4 nitrogen and oxygen atoms in total. The number of hydrogen-bond donors (Lipinski definition) is 0. The largest absolute Gasteiger partial charge is 0.333 e. The lowest BCUT2D eigenvalue weighted by atomic mass is 10.2. The van der Waals surface area contributed by atoms with E-state index in [0.717, 1.165) is 5.56 Å². The first kappa shape index (κ1) is 15.6.